The lowest BCUT2D eigenvalue weighted by atomic mass is 10.1. The standard InChI is InChI=1S/C21H25F3N4O2/c1-29-16-10-8-15(9-11-16)18(28-12-4-5-13-28)14-26-20(25)27-17-6-2-3-7-19(17)30-21(22,23)24/h2-3,6-11,18H,4-5,12-14H2,1H3,(H3,25,26,27). The average Bonchev–Trinajstić information content (AvgIpc) is 3.23. The monoisotopic (exact) mass is 422 g/mol. The van der Waals surface area contributed by atoms with E-state index in [-0.39, 0.29) is 23.4 Å². The van der Waals surface area contributed by atoms with Gasteiger partial charge in [-0.15, -0.1) is 13.2 Å². The molecule has 0 aliphatic carbocycles. The van der Waals surface area contributed by atoms with Gasteiger partial charge in [0, 0.05) is 0 Å². The molecule has 1 atom stereocenters. The molecule has 1 saturated heterocycles. The van der Waals surface area contributed by atoms with Crippen molar-refractivity contribution in [1.82, 2.24) is 4.90 Å². The zero-order valence-electron chi connectivity index (χ0n) is 16.7. The molecular weight excluding hydrogens is 397 g/mol. The van der Waals surface area contributed by atoms with Crippen LogP contribution >= 0.6 is 0 Å². The number of rotatable bonds is 7. The van der Waals surface area contributed by atoms with Crippen molar-refractivity contribution in [3.63, 3.8) is 0 Å². The van der Waals surface area contributed by atoms with Crippen molar-refractivity contribution < 1.29 is 22.6 Å². The molecule has 0 saturated carbocycles. The van der Waals surface area contributed by atoms with Gasteiger partial charge >= 0.3 is 6.36 Å². The first kappa shape index (κ1) is 21.8. The molecule has 162 valence electrons. The van der Waals surface area contributed by atoms with Gasteiger partial charge in [0.15, 0.2) is 11.7 Å². The van der Waals surface area contributed by atoms with Crippen LogP contribution in [0.5, 0.6) is 11.5 Å². The molecule has 2 aromatic rings. The van der Waals surface area contributed by atoms with E-state index in [1.807, 2.05) is 24.3 Å². The molecule has 2 aromatic carbocycles. The van der Waals surface area contributed by atoms with E-state index < -0.39 is 6.36 Å². The van der Waals surface area contributed by atoms with Crippen molar-refractivity contribution in [2.75, 3.05) is 32.1 Å². The lowest BCUT2D eigenvalue weighted by Gasteiger charge is -2.27. The van der Waals surface area contributed by atoms with E-state index >= 15 is 0 Å². The quantitative estimate of drug-likeness (QED) is 0.518. The van der Waals surface area contributed by atoms with Crippen LogP contribution in [0.15, 0.2) is 53.5 Å². The second-order valence-electron chi connectivity index (χ2n) is 6.93. The van der Waals surface area contributed by atoms with Gasteiger partial charge in [0.1, 0.15) is 5.75 Å². The van der Waals surface area contributed by atoms with Crippen molar-refractivity contribution in [3.8, 4) is 11.5 Å². The predicted molar refractivity (Wildman–Crippen MR) is 110 cm³/mol. The number of hydrogen-bond acceptors (Lipinski definition) is 4. The number of nitrogens with one attached hydrogen (secondary N) is 1. The number of anilines is 1. The Labute approximate surface area is 173 Å². The fourth-order valence-corrected chi connectivity index (χ4v) is 3.46. The maximum absolute atomic E-state index is 12.6. The summed E-state index contributed by atoms with van der Waals surface area (Å²) in [6.07, 6.45) is -2.56. The minimum atomic E-state index is -4.79. The molecule has 0 radical (unpaired) electrons. The fourth-order valence-electron chi connectivity index (χ4n) is 3.46. The minimum Gasteiger partial charge on any atom is -0.497 e. The Balaban J connectivity index is 1.74. The van der Waals surface area contributed by atoms with Crippen molar-refractivity contribution in [3.05, 3.63) is 54.1 Å². The highest BCUT2D eigenvalue weighted by Gasteiger charge is 2.32. The summed E-state index contributed by atoms with van der Waals surface area (Å²) in [6.45, 7) is 2.29. The number of methoxy groups -OCH3 is 1. The third-order valence-electron chi connectivity index (χ3n) is 4.89. The molecule has 0 aromatic heterocycles. The number of aliphatic imine (C=N–C) groups is 1. The molecule has 1 aliphatic heterocycles. The Morgan fingerprint density at radius 3 is 2.43 bits per heavy atom. The van der Waals surface area contributed by atoms with Crippen LogP contribution in [0.25, 0.3) is 0 Å². The van der Waals surface area contributed by atoms with Gasteiger partial charge < -0.3 is 20.5 Å². The van der Waals surface area contributed by atoms with Crippen LogP contribution in [0.3, 0.4) is 0 Å². The fraction of sp³-hybridized carbons (Fsp3) is 0.381. The molecular formula is C21H25F3N4O2. The van der Waals surface area contributed by atoms with E-state index in [9.17, 15) is 13.2 Å². The van der Waals surface area contributed by atoms with Crippen LogP contribution in [0.1, 0.15) is 24.4 Å². The first-order valence-corrected chi connectivity index (χ1v) is 9.65. The molecule has 0 spiro atoms. The summed E-state index contributed by atoms with van der Waals surface area (Å²) in [5, 5.41) is 2.71. The first-order valence-electron chi connectivity index (χ1n) is 9.65. The van der Waals surface area contributed by atoms with Gasteiger partial charge in [-0.1, -0.05) is 24.3 Å². The van der Waals surface area contributed by atoms with Crippen LogP contribution < -0.4 is 20.5 Å². The number of para-hydroxylation sites is 2. The summed E-state index contributed by atoms with van der Waals surface area (Å²) in [6, 6.07) is 13.5. The van der Waals surface area contributed by atoms with Gasteiger partial charge in [-0.2, -0.15) is 0 Å². The van der Waals surface area contributed by atoms with E-state index in [0.29, 0.717) is 6.54 Å². The van der Waals surface area contributed by atoms with Crippen LogP contribution in [-0.2, 0) is 0 Å². The number of guanidine groups is 1. The molecule has 30 heavy (non-hydrogen) atoms. The largest absolute Gasteiger partial charge is 0.573 e. The highest BCUT2D eigenvalue weighted by molar-refractivity contribution is 5.93. The van der Waals surface area contributed by atoms with Crippen LogP contribution in [0.4, 0.5) is 18.9 Å². The molecule has 1 aliphatic rings. The Morgan fingerprint density at radius 1 is 1.13 bits per heavy atom. The molecule has 1 fully saturated rings. The molecule has 0 amide bonds. The summed E-state index contributed by atoms with van der Waals surface area (Å²) < 4.78 is 47.1. The van der Waals surface area contributed by atoms with Crippen molar-refractivity contribution in [2.24, 2.45) is 10.7 Å². The lowest BCUT2D eigenvalue weighted by Crippen LogP contribution is -2.30. The third kappa shape index (κ3) is 6.03. The topological polar surface area (TPSA) is 72.1 Å². The van der Waals surface area contributed by atoms with Crippen molar-refractivity contribution in [1.29, 1.82) is 0 Å². The van der Waals surface area contributed by atoms with Gasteiger partial charge in [0.2, 0.25) is 0 Å². The summed E-state index contributed by atoms with van der Waals surface area (Å²) >= 11 is 0. The Kier molecular flexibility index (Phi) is 7.04. The van der Waals surface area contributed by atoms with Gasteiger partial charge in [-0.25, -0.2) is 0 Å². The number of alkyl halides is 3. The molecule has 3 rings (SSSR count). The van der Waals surface area contributed by atoms with Gasteiger partial charge in [-0.05, 0) is 55.8 Å². The maximum Gasteiger partial charge on any atom is 0.573 e. The smallest absolute Gasteiger partial charge is 0.497 e. The third-order valence-corrected chi connectivity index (χ3v) is 4.89. The summed E-state index contributed by atoms with van der Waals surface area (Å²) in [5.74, 6) is 0.421. The SMILES string of the molecule is COc1ccc(C(CN=C(N)Nc2ccccc2OC(F)(F)F)N2CCCC2)cc1. The maximum atomic E-state index is 12.6. The van der Waals surface area contributed by atoms with Crippen LogP contribution in [0, 0.1) is 0 Å². The average molecular weight is 422 g/mol. The van der Waals surface area contributed by atoms with Gasteiger partial charge in [-0.3, -0.25) is 9.89 Å². The van der Waals surface area contributed by atoms with E-state index in [0.717, 1.165) is 37.2 Å². The van der Waals surface area contributed by atoms with Crippen LogP contribution in [-0.4, -0.2) is 44.0 Å². The molecule has 0 bridgehead atoms. The van der Waals surface area contributed by atoms with Gasteiger partial charge in [0.05, 0.1) is 25.4 Å². The molecule has 1 unspecified atom stereocenters. The van der Waals surface area contributed by atoms with E-state index in [1.165, 1.54) is 18.2 Å². The van der Waals surface area contributed by atoms with E-state index in [4.69, 9.17) is 10.5 Å². The number of ether oxygens (including phenoxy) is 2. The van der Waals surface area contributed by atoms with Gasteiger partial charge in [0.25, 0.3) is 0 Å². The lowest BCUT2D eigenvalue weighted by molar-refractivity contribution is -0.274. The predicted octanol–water partition coefficient (Wildman–Crippen LogP) is 4.16. The van der Waals surface area contributed by atoms with Crippen LogP contribution in [0.2, 0.25) is 0 Å². The number of hydrogen-bond donors (Lipinski definition) is 2. The summed E-state index contributed by atoms with van der Waals surface area (Å²) in [5.41, 5.74) is 7.15. The number of nitrogens with two attached hydrogens (primary N) is 1. The van der Waals surface area contributed by atoms with E-state index in [2.05, 4.69) is 19.9 Å². The zero-order valence-corrected chi connectivity index (χ0v) is 16.7. The molecule has 1 heterocycles. The number of likely N-dealkylation sites (tertiary alicyclic amines) is 1. The minimum absolute atomic E-state index is 0.0143. The highest BCUT2D eigenvalue weighted by Crippen LogP contribution is 2.30. The molecule has 3 N–H and O–H groups in total. The Morgan fingerprint density at radius 2 is 1.80 bits per heavy atom. The summed E-state index contributed by atoms with van der Waals surface area (Å²) in [7, 11) is 1.62. The highest BCUT2D eigenvalue weighted by atomic mass is 19.4. The Hall–Kier alpha value is -2.94. The summed E-state index contributed by atoms with van der Waals surface area (Å²) in [4.78, 5) is 6.73. The second kappa shape index (κ2) is 9.71. The zero-order chi connectivity index (χ0) is 21.6. The first-order chi connectivity index (χ1) is 14.4. The molecule has 9 heteroatoms. The molecule has 6 nitrogen and oxygen atoms in total. The van der Waals surface area contributed by atoms with Crippen molar-refractivity contribution in [2.45, 2.75) is 25.2 Å². The Bertz CT molecular complexity index is 850. The number of halogens is 3. The van der Waals surface area contributed by atoms with E-state index in [1.54, 1.807) is 13.2 Å². The van der Waals surface area contributed by atoms with Crippen molar-refractivity contribution >= 4 is 11.6 Å². The normalized spacial score (nSPS) is 16.3. The second-order valence-corrected chi connectivity index (χ2v) is 6.93. The number of nitrogens with zero attached hydrogens (tertiary/aromatic N) is 2. The number of benzene rings is 2.